The van der Waals surface area contributed by atoms with Crippen LogP contribution in [0.3, 0.4) is 0 Å². The number of ether oxygens (including phenoxy) is 2. The van der Waals surface area contributed by atoms with E-state index in [1.54, 1.807) is 31.2 Å². The first-order chi connectivity index (χ1) is 13.8. The Hall–Kier alpha value is -3.02. The normalized spacial score (nSPS) is 11.7. The molecule has 0 aliphatic rings. The van der Waals surface area contributed by atoms with E-state index in [0.717, 1.165) is 11.1 Å². The maximum Gasteiger partial charge on any atom is 0.265 e. The van der Waals surface area contributed by atoms with Gasteiger partial charge in [0.25, 0.3) is 11.8 Å². The molecule has 0 saturated heterocycles. The SMILES string of the molecule is CCNC(=O)COc1cccc(NC(=O)C(C)Oc2cc(C(C)C)ccc2C)c1. The summed E-state index contributed by atoms with van der Waals surface area (Å²) < 4.78 is 11.4. The summed E-state index contributed by atoms with van der Waals surface area (Å²) in [5.74, 6) is 1.13. The standard InChI is InChI=1S/C23H30N2O4/c1-6-24-22(26)14-28-20-9-7-8-19(13-20)25-23(27)17(5)29-21-12-18(15(2)3)11-10-16(21)4/h7-13,15,17H,6,14H2,1-5H3,(H,24,26)(H,25,27). The van der Waals surface area contributed by atoms with Crippen LogP contribution in [0.5, 0.6) is 11.5 Å². The molecule has 29 heavy (non-hydrogen) atoms. The number of carbonyl (C=O) groups excluding carboxylic acids is 2. The molecule has 0 aliphatic heterocycles. The van der Waals surface area contributed by atoms with Crippen molar-refractivity contribution in [3.8, 4) is 11.5 Å². The van der Waals surface area contributed by atoms with Gasteiger partial charge in [0.2, 0.25) is 0 Å². The van der Waals surface area contributed by atoms with Crippen LogP contribution in [0.1, 0.15) is 44.7 Å². The van der Waals surface area contributed by atoms with Gasteiger partial charge in [0.1, 0.15) is 11.5 Å². The molecule has 2 amide bonds. The summed E-state index contributed by atoms with van der Waals surface area (Å²) in [7, 11) is 0. The van der Waals surface area contributed by atoms with Crippen molar-refractivity contribution in [3.05, 3.63) is 53.6 Å². The maximum absolute atomic E-state index is 12.6. The van der Waals surface area contributed by atoms with E-state index in [9.17, 15) is 9.59 Å². The first kappa shape index (κ1) is 22.3. The fraction of sp³-hybridized carbons (Fsp3) is 0.391. The zero-order chi connectivity index (χ0) is 21.4. The molecule has 0 saturated carbocycles. The first-order valence-electron chi connectivity index (χ1n) is 9.87. The third-order valence-electron chi connectivity index (χ3n) is 4.40. The van der Waals surface area contributed by atoms with Crippen LogP contribution in [-0.4, -0.2) is 31.1 Å². The fourth-order valence-electron chi connectivity index (χ4n) is 2.65. The minimum atomic E-state index is -0.670. The van der Waals surface area contributed by atoms with Gasteiger partial charge in [0, 0.05) is 18.3 Å². The molecule has 0 fully saturated rings. The van der Waals surface area contributed by atoms with Crippen molar-refractivity contribution >= 4 is 17.5 Å². The second-order valence-electron chi connectivity index (χ2n) is 7.20. The van der Waals surface area contributed by atoms with E-state index in [0.29, 0.717) is 29.6 Å². The molecule has 0 aliphatic carbocycles. The van der Waals surface area contributed by atoms with Gasteiger partial charge in [-0.05, 0) is 56.0 Å². The van der Waals surface area contributed by atoms with E-state index in [2.05, 4.69) is 30.5 Å². The van der Waals surface area contributed by atoms with Crippen molar-refractivity contribution in [2.24, 2.45) is 0 Å². The zero-order valence-corrected chi connectivity index (χ0v) is 17.7. The maximum atomic E-state index is 12.6. The van der Waals surface area contributed by atoms with Gasteiger partial charge >= 0.3 is 0 Å². The lowest BCUT2D eigenvalue weighted by Crippen LogP contribution is -2.30. The molecule has 6 heteroatoms. The summed E-state index contributed by atoms with van der Waals surface area (Å²) >= 11 is 0. The predicted molar refractivity (Wildman–Crippen MR) is 115 cm³/mol. The first-order valence-corrected chi connectivity index (χ1v) is 9.87. The van der Waals surface area contributed by atoms with Gasteiger partial charge in [-0.15, -0.1) is 0 Å². The van der Waals surface area contributed by atoms with Gasteiger partial charge in [-0.1, -0.05) is 32.0 Å². The molecule has 2 rings (SSSR count). The summed E-state index contributed by atoms with van der Waals surface area (Å²) in [6.45, 7) is 10.2. The minimum absolute atomic E-state index is 0.0732. The number of hydrogen-bond acceptors (Lipinski definition) is 4. The van der Waals surface area contributed by atoms with Crippen LogP contribution in [0.4, 0.5) is 5.69 Å². The Morgan fingerprint density at radius 2 is 1.83 bits per heavy atom. The molecule has 2 aromatic rings. The molecule has 0 bridgehead atoms. The molecule has 2 N–H and O–H groups in total. The average Bonchev–Trinajstić information content (AvgIpc) is 2.68. The summed E-state index contributed by atoms with van der Waals surface area (Å²) in [4.78, 5) is 24.1. The second kappa shape index (κ2) is 10.5. The molecule has 156 valence electrons. The van der Waals surface area contributed by atoms with E-state index in [-0.39, 0.29) is 18.4 Å². The number of likely N-dealkylation sites (N-methyl/N-ethyl adjacent to an activating group) is 1. The van der Waals surface area contributed by atoms with Crippen LogP contribution in [0.2, 0.25) is 0 Å². The van der Waals surface area contributed by atoms with Crippen molar-refractivity contribution in [1.29, 1.82) is 0 Å². The number of carbonyl (C=O) groups is 2. The Bertz CT molecular complexity index is 849. The Kier molecular flexibility index (Phi) is 8.07. The highest BCUT2D eigenvalue weighted by Gasteiger charge is 2.17. The summed E-state index contributed by atoms with van der Waals surface area (Å²) in [6, 6.07) is 13.0. The van der Waals surface area contributed by atoms with Gasteiger partial charge in [-0.2, -0.15) is 0 Å². The van der Waals surface area contributed by atoms with Gasteiger partial charge in [0.05, 0.1) is 0 Å². The van der Waals surface area contributed by atoms with Crippen molar-refractivity contribution < 1.29 is 19.1 Å². The number of amides is 2. The monoisotopic (exact) mass is 398 g/mol. The molecule has 1 atom stereocenters. The highest BCUT2D eigenvalue weighted by Crippen LogP contribution is 2.25. The van der Waals surface area contributed by atoms with E-state index >= 15 is 0 Å². The van der Waals surface area contributed by atoms with Gasteiger partial charge in [-0.25, -0.2) is 0 Å². The van der Waals surface area contributed by atoms with Crippen molar-refractivity contribution in [3.63, 3.8) is 0 Å². The number of aryl methyl sites for hydroxylation is 1. The average molecular weight is 399 g/mol. The Balaban J connectivity index is 1.98. The van der Waals surface area contributed by atoms with Gasteiger partial charge in [-0.3, -0.25) is 9.59 Å². The lowest BCUT2D eigenvalue weighted by molar-refractivity contribution is -0.123. The predicted octanol–water partition coefficient (Wildman–Crippen LogP) is 4.04. The molecule has 0 spiro atoms. The van der Waals surface area contributed by atoms with E-state index in [4.69, 9.17) is 9.47 Å². The molecule has 0 heterocycles. The molecule has 0 radical (unpaired) electrons. The summed E-state index contributed by atoms with van der Waals surface area (Å²) in [5, 5.41) is 5.49. The largest absolute Gasteiger partial charge is 0.484 e. The second-order valence-corrected chi connectivity index (χ2v) is 7.20. The highest BCUT2D eigenvalue weighted by molar-refractivity contribution is 5.94. The Labute approximate surface area is 172 Å². The number of anilines is 1. The minimum Gasteiger partial charge on any atom is -0.484 e. The molecular formula is C23H30N2O4. The van der Waals surface area contributed by atoms with Crippen LogP contribution in [-0.2, 0) is 9.59 Å². The van der Waals surface area contributed by atoms with Crippen molar-refractivity contribution in [2.45, 2.75) is 46.6 Å². The van der Waals surface area contributed by atoms with Crippen molar-refractivity contribution in [2.75, 3.05) is 18.5 Å². The molecular weight excluding hydrogens is 368 g/mol. The van der Waals surface area contributed by atoms with Crippen LogP contribution in [0, 0.1) is 6.92 Å². The number of benzene rings is 2. The van der Waals surface area contributed by atoms with Crippen LogP contribution < -0.4 is 20.1 Å². The third kappa shape index (κ3) is 6.82. The number of hydrogen-bond donors (Lipinski definition) is 2. The van der Waals surface area contributed by atoms with E-state index < -0.39 is 6.10 Å². The number of rotatable bonds is 9. The lowest BCUT2D eigenvalue weighted by atomic mass is 10.0. The van der Waals surface area contributed by atoms with Crippen LogP contribution in [0.25, 0.3) is 0 Å². The number of nitrogens with one attached hydrogen (secondary N) is 2. The lowest BCUT2D eigenvalue weighted by Gasteiger charge is -2.18. The van der Waals surface area contributed by atoms with Gasteiger partial charge in [0.15, 0.2) is 12.7 Å². The molecule has 1 unspecified atom stereocenters. The topological polar surface area (TPSA) is 76.7 Å². The van der Waals surface area contributed by atoms with E-state index in [1.165, 1.54) is 0 Å². The fourth-order valence-corrected chi connectivity index (χ4v) is 2.65. The smallest absolute Gasteiger partial charge is 0.265 e. The Morgan fingerprint density at radius 1 is 1.07 bits per heavy atom. The van der Waals surface area contributed by atoms with E-state index in [1.807, 2.05) is 26.0 Å². The van der Waals surface area contributed by atoms with Crippen molar-refractivity contribution in [1.82, 2.24) is 5.32 Å². The molecule has 0 aromatic heterocycles. The third-order valence-corrected chi connectivity index (χ3v) is 4.40. The highest BCUT2D eigenvalue weighted by atomic mass is 16.5. The van der Waals surface area contributed by atoms with Gasteiger partial charge < -0.3 is 20.1 Å². The molecule has 6 nitrogen and oxygen atoms in total. The van der Waals surface area contributed by atoms with Crippen LogP contribution in [0.15, 0.2) is 42.5 Å². The zero-order valence-electron chi connectivity index (χ0n) is 17.7. The quantitative estimate of drug-likeness (QED) is 0.668. The van der Waals surface area contributed by atoms with Crippen LogP contribution >= 0.6 is 0 Å². The summed E-state index contributed by atoms with van der Waals surface area (Å²) in [5.41, 5.74) is 2.72. The molecule has 2 aromatic carbocycles. The Morgan fingerprint density at radius 3 is 2.52 bits per heavy atom. The summed E-state index contributed by atoms with van der Waals surface area (Å²) in [6.07, 6.45) is -0.670.